The van der Waals surface area contributed by atoms with Gasteiger partial charge in [0.25, 0.3) is 5.91 Å². The Bertz CT molecular complexity index is 1040. The molecule has 1 aromatic heterocycles. The van der Waals surface area contributed by atoms with E-state index in [-0.39, 0.29) is 18.8 Å². The molecule has 0 bridgehead atoms. The molecule has 0 aliphatic carbocycles. The van der Waals surface area contributed by atoms with Gasteiger partial charge in [0.1, 0.15) is 29.2 Å². The summed E-state index contributed by atoms with van der Waals surface area (Å²) in [6.07, 6.45) is 4.05. The fraction of sp³-hybridized carbons (Fsp3) is 0.522. The van der Waals surface area contributed by atoms with Crippen molar-refractivity contribution >= 4 is 22.8 Å². The summed E-state index contributed by atoms with van der Waals surface area (Å²) in [7, 11) is 1.25. The number of carbonyl (C=O) groups is 2. The molecule has 3 rings (SSSR count). The Hall–Kier alpha value is -3.03. The normalized spacial score (nSPS) is 14.5. The van der Waals surface area contributed by atoms with Crippen LogP contribution < -0.4 is 20.4 Å². The molecule has 1 N–H and O–H groups in total. The number of nitrogens with one attached hydrogen (secondary N) is 1. The van der Waals surface area contributed by atoms with E-state index in [1.807, 2.05) is 13.8 Å². The van der Waals surface area contributed by atoms with Gasteiger partial charge in [0.05, 0.1) is 12.5 Å². The molecule has 1 aliphatic heterocycles. The molecule has 2 heterocycles. The van der Waals surface area contributed by atoms with E-state index in [4.69, 9.17) is 13.9 Å². The third-order valence-corrected chi connectivity index (χ3v) is 5.30. The number of benzene rings is 1. The van der Waals surface area contributed by atoms with E-state index in [0.717, 1.165) is 30.4 Å². The zero-order chi connectivity index (χ0) is 22.6. The Morgan fingerprint density at radius 3 is 2.74 bits per heavy atom. The average Bonchev–Trinajstić information content (AvgIpc) is 2.72. The maximum absolute atomic E-state index is 12.3. The van der Waals surface area contributed by atoms with Gasteiger partial charge in [-0.25, -0.2) is 4.79 Å². The number of aryl methyl sites for hydroxylation is 2. The molecule has 0 unspecified atom stereocenters. The highest BCUT2D eigenvalue weighted by atomic mass is 16.5. The molecule has 0 atom stereocenters. The number of carbonyl (C=O) groups excluding carboxylic acids is 2. The van der Waals surface area contributed by atoms with E-state index in [0.29, 0.717) is 35.3 Å². The molecule has 0 radical (unpaired) electrons. The molecule has 2 aromatic rings. The zero-order valence-electron chi connectivity index (χ0n) is 18.5. The Morgan fingerprint density at radius 1 is 1.26 bits per heavy atom. The van der Waals surface area contributed by atoms with E-state index in [2.05, 4.69) is 17.0 Å². The standard InChI is InChI=1S/C23H29NO7/c1-5-6-7-14-10-19(26)30-22-15-8-9-23(2,3)31-16(15)11-17(21(14)22)29-13-18(25)24-12-20(27)28-4/h10-11H,5-9,12-13H2,1-4H3,(H,24,25). The number of hydrogen-bond acceptors (Lipinski definition) is 7. The van der Waals surface area contributed by atoms with E-state index in [9.17, 15) is 14.4 Å². The molecule has 0 saturated heterocycles. The molecule has 8 heteroatoms. The van der Waals surface area contributed by atoms with Crippen molar-refractivity contribution in [3.8, 4) is 11.5 Å². The summed E-state index contributed by atoms with van der Waals surface area (Å²) >= 11 is 0. The molecule has 0 fully saturated rings. The number of unbranched alkanes of at least 4 members (excludes halogenated alkanes) is 1. The molecule has 8 nitrogen and oxygen atoms in total. The number of methoxy groups -OCH3 is 1. The van der Waals surface area contributed by atoms with Crippen LogP contribution in [0.25, 0.3) is 11.0 Å². The van der Waals surface area contributed by atoms with E-state index >= 15 is 0 Å². The molecular formula is C23H29NO7. The minimum absolute atomic E-state index is 0.239. The number of hydrogen-bond donors (Lipinski definition) is 1. The van der Waals surface area contributed by atoms with Crippen molar-refractivity contribution in [2.75, 3.05) is 20.3 Å². The molecule has 1 amide bonds. The number of amides is 1. The third kappa shape index (κ3) is 5.37. The first-order valence-corrected chi connectivity index (χ1v) is 10.5. The lowest BCUT2D eigenvalue weighted by Gasteiger charge is -2.33. The van der Waals surface area contributed by atoms with E-state index < -0.39 is 17.5 Å². The van der Waals surface area contributed by atoms with Gasteiger partial charge in [-0.05, 0) is 45.1 Å². The Labute approximate surface area is 180 Å². The molecule has 168 valence electrons. The first-order valence-electron chi connectivity index (χ1n) is 10.5. The molecule has 1 aliphatic rings. The summed E-state index contributed by atoms with van der Waals surface area (Å²) in [5, 5.41) is 3.13. The van der Waals surface area contributed by atoms with Crippen molar-refractivity contribution in [2.24, 2.45) is 0 Å². The maximum Gasteiger partial charge on any atom is 0.336 e. The molecule has 31 heavy (non-hydrogen) atoms. The van der Waals surface area contributed by atoms with Crippen molar-refractivity contribution in [1.82, 2.24) is 5.32 Å². The van der Waals surface area contributed by atoms with Crippen LogP contribution in [0.15, 0.2) is 21.3 Å². The quantitative estimate of drug-likeness (QED) is 0.506. The van der Waals surface area contributed by atoms with Gasteiger partial charge in [-0.1, -0.05) is 13.3 Å². The highest BCUT2D eigenvalue weighted by Gasteiger charge is 2.31. The fourth-order valence-electron chi connectivity index (χ4n) is 3.63. The highest BCUT2D eigenvalue weighted by Crippen LogP contribution is 2.43. The Morgan fingerprint density at radius 2 is 2.03 bits per heavy atom. The number of fused-ring (bicyclic) bond motifs is 3. The lowest BCUT2D eigenvalue weighted by atomic mass is 9.91. The van der Waals surface area contributed by atoms with Gasteiger partial charge in [-0.2, -0.15) is 0 Å². The Balaban J connectivity index is 2.00. The lowest BCUT2D eigenvalue weighted by molar-refractivity contribution is -0.141. The maximum atomic E-state index is 12.3. The number of rotatable bonds is 8. The summed E-state index contributed by atoms with van der Waals surface area (Å²) < 4.78 is 22.1. The largest absolute Gasteiger partial charge is 0.487 e. The van der Waals surface area contributed by atoms with Crippen LogP contribution in [0, 0.1) is 0 Å². The van der Waals surface area contributed by atoms with E-state index in [1.54, 1.807) is 6.07 Å². The number of ether oxygens (including phenoxy) is 3. The van der Waals surface area contributed by atoms with Crippen molar-refractivity contribution < 1.29 is 28.2 Å². The summed E-state index contributed by atoms with van der Waals surface area (Å²) in [6, 6.07) is 3.25. The predicted octanol–water partition coefficient (Wildman–Crippen LogP) is 2.91. The smallest absolute Gasteiger partial charge is 0.336 e. The second kappa shape index (κ2) is 9.41. The second-order valence-corrected chi connectivity index (χ2v) is 8.25. The summed E-state index contributed by atoms with van der Waals surface area (Å²) in [5.41, 5.74) is 1.34. The van der Waals surface area contributed by atoms with Gasteiger partial charge in [0.2, 0.25) is 0 Å². The summed E-state index contributed by atoms with van der Waals surface area (Å²) in [6.45, 7) is 5.52. The molecular weight excluding hydrogens is 402 g/mol. The van der Waals surface area contributed by atoms with Gasteiger partial charge < -0.3 is 23.9 Å². The molecule has 0 spiro atoms. The minimum Gasteiger partial charge on any atom is -0.487 e. The SMILES string of the molecule is CCCCc1cc(=O)oc2c3c(cc(OCC(=O)NCC(=O)OC)c12)OC(C)(C)CC3. The van der Waals surface area contributed by atoms with Crippen LogP contribution in [-0.2, 0) is 27.2 Å². The topological polar surface area (TPSA) is 104 Å². The van der Waals surface area contributed by atoms with Crippen LogP contribution in [0.5, 0.6) is 11.5 Å². The van der Waals surface area contributed by atoms with Crippen LogP contribution in [0.2, 0.25) is 0 Å². The highest BCUT2D eigenvalue weighted by molar-refractivity contribution is 5.92. The fourth-order valence-corrected chi connectivity index (χ4v) is 3.63. The van der Waals surface area contributed by atoms with Crippen molar-refractivity contribution in [1.29, 1.82) is 0 Å². The monoisotopic (exact) mass is 431 g/mol. The minimum atomic E-state index is -0.549. The van der Waals surface area contributed by atoms with Gasteiger partial charge >= 0.3 is 11.6 Å². The van der Waals surface area contributed by atoms with Crippen molar-refractivity contribution in [2.45, 2.75) is 58.5 Å². The number of esters is 1. The predicted molar refractivity (Wildman–Crippen MR) is 115 cm³/mol. The van der Waals surface area contributed by atoms with Crippen LogP contribution in [-0.4, -0.2) is 37.7 Å². The summed E-state index contributed by atoms with van der Waals surface area (Å²) in [5.74, 6) is -0.0177. The van der Waals surface area contributed by atoms with Crippen LogP contribution in [0.4, 0.5) is 0 Å². The average molecular weight is 431 g/mol. The second-order valence-electron chi connectivity index (χ2n) is 8.25. The third-order valence-electron chi connectivity index (χ3n) is 5.30. The van der Waals surface area contributed by atoms with Gasteiger partial charge in [0.15, 0.2) is 6.61 Å². The molecule has 0 saturated carbocycles. The summed E-state index contributed by atoms with van der Waals surface area (Å²) in [4.78, 5) is 35.6. The van der Waals surface area contributed by atoms with Crippen LogP contribution in [0.1, 0.15) is 51.2 Å². The van der Waals surface area contributed by atoms with Crippen LogP contribution in [0.3, 0.4) is 0 Å². The van der Waals surface area contributed by atoms with Gasteiger partial charge in [-0.3, -0.25) is 9.59 Å². The van der Waals surface area contributed by atoms with Crippen LogP contribution >= 0.6 is 0 Å². The first-order chi connectivity index (χ1) is 14.7. The van der Waals surface area contributed by atoms with Crippen molar-refractivity contribution in [3.05, 3.63) is 33.7 Å². The first kappa shape index (κ1) is 22.7. The lowest BCUT2D eigenvalue weighted by Crippen LogP contribution is -2.34. The Kier molecular flexibility index (Phi) is 6.87. The molecule has 1 aromatic carbocycles. The van der Waals surface area contributed by atoms with Crippen molar-refractivity contribution in [3.63, 3.8) is 0 Å². The van der Waals surface area contributed by atoms with Gasteiger partial charge in [-0.15, -0.1) is 0 Å². The zero-order valence-corrected chi connectivity index (χ0v) is 18.5. The van der Waals surface area contributed by atoms with Gasteiger partial charge in [0, 0.05) is 17.7 Å². The van der Waals surface area contributed by atoms with E-state index in [1.165, 1.54) is 13.2 Å².